The van der Waals surface area contributed by atoms with E-state index in [9.17, 15) is 4.79 Å². The molecule has 1 saturated heterocycles. The monoisotopic (exact) mass is 541 g/mol. The molecule has 37 heavy (non-hydrogen) atoms. The summed E-state index contributed by atoms with van der Waals surface area (Å²) < 4.78 is 22.8. The van der Waals surface area contributed by atoms with E-state index < -0.39 is 0 Å². The fourth-order valence-corrected chi connectivity index (χ4v) is 5.51. The van der Waals surface area contributed by atoms with Crippen LogP contribution in [-0.4, -0.2) is 25.9 Å². The van der Waals surface area contributed by atoms with Gasteiger partial charge in [0, 0.05) is 27.7 Å². The fraction of sp³-hybridized carbons (Fsp3) is 0.345. The van der Waals surface area contributed by atoms with Crippen LogP contribution in [0.1, 0.15) is 43.4 Å². The Kier molecular flexibility index (Phi) is 7.79. The predicted molar refractivity (Wildman–Crippen MR) is 144 cm³/mol. The summed E-state index contributed by atoms with van der Waals surface area (Å²) in [6.07, 6.45) is 0.952. The zero-order valence-corrected chi connectivity index (χ0v) is 22.2. The lowest BCUT2D eigenvalue weighted by atomic mass is 9.76. The standard InChI is InChI=1S/C29H29Cl2NO5/c1-17(2)24-11-19(23-9-5-20(30)12-25(23)31)14-35-29(24)18-3-7-22(8-4-18)34-15-28(33)32-21-6-10-26-27(13-21)37-16-36-26/h3-10,12-13,17,19,24,29H,11,14-16H2,1-2H3,(H,32,33)/t19-,24-,29-/m0/s1. The zero-order chi connectivity index (χ0) is 25.9. The van der Waals surface area contributed by atoms with Crippen molar-refractivity contribution in [3.05, 3.63) is 81.8 Å². The summed E-state index contributed by atoms with van der Waals surface area (Å²) in [7, 11) is 0. The Labute approximate surface area is 226 Å². The number of anilines is 1. The molecule has 1 fully saturated rings. The second-order valence-electron chi connectivity index (χ2n) is 9.73. The minimum Gasteiger partial charge on any atom is -0.484 e. The van der Waals surface area contributed by atoms with E-state index in [1.165, 1.54) is 0 Å². The summed E-state index contributed by atoms with van der Waals surface area (Å²) in [5, 5.41) is 4.13. The van der Waals surface area contributed by atoms with Crippen molar-refractivity contribution in [3.8, 4) is 17.2 Å². The average molecular weight is 542 g/mol. The van der Waals surface area contributed by atoms with E-state index in [-0.39, 0.29) is 31.3 Å². The molecule has 2 aliphatic rings. The lowest BCUT2D eigenvalue weighted by Gasteiger charge is -2.39. The van der Waals surface area contributed by atoms with Crippen LogP contribution in [-0.2, 0) is 9.53 Å². The second-order valence-corrected chi connectivity index (χ2v) is 10.6. The van der Waals surface area contributed by atoms with Gasteiger partial charge in [-0.05, 0) is 65.8 Å². The summed E-state index contributed by atoms with van der Waals surface area (Å²) in [6, 6.07) is 18.7. The SMILES string of the molecule is CC(C)[C@@H]1C[C@H](c2ccc(Cl)cc2Cl)CO[C@H]1c1ccc(OCC(=O)Nc2ccc3c(c2)OCO3)cc1. The van der Waals surface area contributed by atoms with Crippen LogP contribution in [0.4, 0.5) is 5.69 Å². The van der Waals surface area contributed by atoms with Crippen LogP contribution < -0.4 is 19.5 Å². The molecule has 3 atom stereocenters. The Bertz CT molecular complexity index is 1260. The van der Waals surface area contributed by atoms with Gasteiger partial charge in [0.05, 0.1) is 12.7 Å². The highest BCUT2D eigenvalue weighted by Gasteiger charge is 2.35. The van der Waals surface area contributed by atoms with Crippen LogP contribution in [0.3, 0.4) is 0 Å². The van der Waals surface area contributed by atoms with Gasteiger partial charge in [0.25, 0.3) is 5.91 Å². The highest BCUT2D eigenvalue weighted by molar-refractivity contribution is 6.35. The van der Waals surface area contributed by atoms with Gasteiger partial charge in [0.1, 0.15) is 5.75 Å². The van der Waals surface area contributed by atoms with Crippen molar-refractivity contribution >= 4 is 34.8 Å². The number of halogens is 2. The third-order valence-electron chi connectivity index (χ3n) is 6.92. The van der Waals surface area contributed by atoms with Gasteiger partial charge in [0.2, 0.25) is 6.79 Å². The highest BCUT2D eigenvalue weighted by Crippen LogP contribution is 2.45. The maximum absolute atomic E-state index is 12.4. The molecule has 3 aromatic carbocycles. The largest absolute Gasteiger partial charge is 0.484 e. The van der Waals surface area contributed by atoms with E-state index >= 15 is 0 Å². The smallest absolute Gasteiger partial charge is 0.262 e. The number of benzene rings is 3. The first-order valence-electron chi connectivity index (χ1n) is 12.4. The summed E-state index contributed by atoms with van der Waals surface area (Å²) in [5.74, 6) is 2.61. The normalized spacial score (nSPS) is 20.6. The number of fused-ring (bicyclic) bond motifs is 1. The van der Waals surface area contributed by atoms with E-state index in [1.54, 1.807) is 24.3 Å². The molecule has 3 aromatic rings. The van der Waals surface area contributed by atoms with E-state index in [0.29, 0.717) is 51.4 Å². The third kappa shape index (κ3) is 5.98. The van der Waals surface area contributed by atoms with Gasteiger partial charge in [-0.1, -0.05) is 55.2 Å². The van der Waals surface area contributed by atoms with Crippen molar-refractivity contribution in [2.24, 2.45) is 11.8 Å². The van der Waals surface area contributed by atoms with Gasteiger partial charge in [-0.25, -0.2) is 0 Å². The van der Waals surface area contributed by atoms with Crippen molar-refractivity contribution in [2.75, 3.05) is 25.3 Å². The zero-order valence-electron chi connectivity index (χ0n) is 20.7. The van der Waals surface area contributed by atoms with Crippen LogP contribution in [0.15, 0.2) is 60.7 Å². The summed E-state index contributed by atoms with van der Waals surface area (Å²) in [6.45, 7) is 5.12. The number of hydrogen-bond donors (Lipinski definition) is 1. The van der Waals surface area contributed by atoms with E-state index in [0.717, 1.165) is 17.5 Å². The second kappa shape index (κ2) is 11.2. The van der Waals surface area contributed by atoms with Crippen LogP contribution >= 0.6 is 23.2 Å². The van der Waals surface area contributed by atoms with Gasteiger partial charge in [-0.3, -0.25) is 4.79 Å². The molecular formula is C29H29Cl2NO5. The van der Waals surface area contributed by atoms with Crippen molar-refractivity contribution < 1.29 is 23.7 Å². The number of carbonyl (C=O) groups is 1. The Morgan fingerprint density at radius 1 is 1.03 bits per heavy atom. The molecule has 0 saturated carbocycles. The fourth-order valence-electron chi connectivity index (χ4n) is 4.95. The van der Waals surface area contributed by atoms with Gasteiger partial charge < -0.3 is 24.3 Å². The van der Waals surface area contributed by atoms with E-state index in [4.69, 9.17) is 42.1 Å². The van der Waals surface area contributed by atoms with E-state index in [2.05, 4.69) is 19.2 Å². The van der Waals surface area contributed by atoms with Crippen molar-refractivity contribution in [1.29, 1.82) is 0 Å². The number of nitrogens with one attached hydrogen (secondary N) is 1. The molecule has 0 aromatic heterocycles. The van der Waals surface area contributed by atoms with Gasteiger partial charge in [-0.2, -0.15) is 0 Å². The van der Waals surface area contributed by atoms with Gasteiger partial charge >= 0.3 is 0 Å². The van der Waals surface area contributed by atoms with Crippen LogP contribution in [0.5, 0.6) is 17.2 Å². The number of ether oxygens (including phenoxy) is 4. The molecular weight excluding hydrogens is 513 g/mol. The first-order valence-corrected chi connectivity index (χ1v) is 13.1. The predicted octanol–water partition coefficient (Wildman–Crippen LogP) is 7.26. The van der Waals surface area contributed by atoms with Crippen molar-refractivity contribution in [1.82, 2.24) is 0 Å². The first kappa shape index (κ1) is 25.7. The summed E-state index contributed by atoms with van der Waals surface area (Å²) in [4.78, 5) is 12.4. The molecule has 0 bridgehead atoms. The Balaban J connectivity index is 1.18. The lowest BCUT2D eigenvalue weighted by Crippen LogP contribution is -2.31. The van der Waals surface area contributed by atoms with Gasteiger partial charge in [0.15, 0.2) is 18.1 Å². The molecule has 5 rings (SSSR count). The Morgan fingerprint density at radius 3 is 2.57 bits per heavy atom. The minimum atomic E-state index is -0.259. The first-order chi connectivity index (χ1) is 17.9. The van der Waals surface area contributed by atoms with Crippen molar-refractivity contribution in [2.45, 2.75) is 32.3 Å². The molecule has 1 N–H and O–H groups in total. The highest BCUT2D eigenvalue weighted by atomic mass is 35.5. The quantitative estimate of drug-likeness (QED) is 0.341. The van der Waals surface area contributed by atoms with Crippen LogP contribution in [0.2, 0.25) is 10.0 Å². The third-order valence-corrected chi connectivity index (χ3v) is 7.48. The van der Waals surface area contributed by atoms with E-state index in [1.807, 2.05) is 36.4 Å². The van der Waals surface area contributed by atoms with Crippen molar-refractivity contribution in [3.63, 3.8) is 0 Å². The minimum absolute atomic E-state index is 0.0225. The molecule has 1 amide bonds. The lowest BCUT2D eigenvalue weighted by molar-refractivity contribution is -0.118. The molecule has 2 heterocycles. The molecule has 0 radical (unpaired) electrons. The average Bonchev–Trinajstić information content (AvgIpc) is 3.35. The number of carbonyl (C=O) groups excluding carboxylic acids is 1. The summed E-state index contributed by atoms with van der Waals surface area (Å²) in [5.41, 5.74) is 2.80. The summed E-state index contributed by atoms with van der Waals surface area (Å²) >= 11 is 12.6. The molecule has 0 spiro atoms. The molecule has 0 unspecified atom stereocenters. The van der Waals surface area contributed by atoms with Crippen LogP contribution in [0.25, 0.3) is 0 Å². The molecule has 2 aliphatic heterocycles. The van der Waals surface area contributed by atoms with Crippen LogP contribution in [0, 0.1) is 11.8 Å². The molecule has 0 aliphatic carbocycles. The Hall–Kier alpha value is -2.93. The Morgan fingerprint density at radius 2 is 1.81 bits per heavy atom. The maximum Gasteiger partial charge on any atom is 0.262 e. The van der Waals surface area contributed by atoms with Gasteiger partial charge in [-0.15, -0.1) is 0 Å². The molecule has 6 nitrogen and oxygen atoms in total. The number of amides is 1. The maximum atomic E-state index is 12.4. The number of rotatable bonds is 7. The molecule has 194 valence electrons. The molecule has 8 heteroatoms. The number of hydrogen-bond acceptors (Lipinski definition) is 5. The topological polar surface area (TPSA) is 66.0 Å².